The van der Waals surface area contributed by atoms with Crippen molar-refractivity contribution < 1.29 is 18.8 Å². The maximum absolute atomic E-state index is 11.4. The van der Waals surface area contributed by atoms with Gasteiger partial charge in [-0.25, -0.2) is 0 Å². The van der Waals surface area contributed by atoms with Crippen LogP contribution in [0.25, 0.3) is 11.4 Å². The molecular weight excluding hydrogens is 450 g/mol. The second-order valence-electron chi connectivity index (χ2n) is 8.67. The average molecular weight is 478 g/mol. The molecule has 0 aliphatic rings. The molecule has 0 atom stereocenters. The van der Waals surface area contributed by atoms with Gasteiger partial charge in [0.25, 0.3) is 0 Å². The first kappa shape index (κ1) is 23.8. The van der Waals surface area contributed by atoms with Crippen molar-refractivity contribution in [1.82, 2.24) is 15.0 Å². The molecule has 0 spiro atoms. The summed E-state index contributed by atoms with van der Waals surface area (Å²) in [5, 5.41) is 13.5. The van der Waals surface area contributed by atoms with Crippen LogP contribution in [0.15, 0.2) is 80.8 Å². The third-order valence-electron chi connectivity index (χ3n) is 5.28. The quantitative estimate of drug-likeness (QED) is 0.287. The number of carboxylic acids is 1. The molecular formula is C26H27N3O4S. The van der Waals surface area contributed by atoms with Crippen LogP contribution in [-0.4, -0.2) is 30.9 Å². The van der Waals surface area contributed by atoms with Gasteiger partial charge in [0.15, 0.2) is 0 Å². The number of rotatable bonds is 10. The summed E-state index contributed by atoms with van der Waals surface area (Å²) < 4.78 is 10.2. The van der Waals surface area contributed by atoms with E-state index in [1.165, 1.54) is 11.8 Å². The van der Waals surface area contributed by atoms with Crippen molar-refractivity contribution in [3.8, 4) is 11.4 Å². The number of nitrogens with zero attached hydrogens (tertiary/aromatic N) is 3. The molecule has 0 bridgehead atoms. The van der Waals surface area contributed by atoms with E-state index in [4.69, 9.17) is 8.94 Å². The second-order valence-corrected chi connectivity index (χ2v) is 10.4. The summed E-state index contributed by atoms with van der Waals surface area (Å²) in [6, 6.07) is 19.7. The molecule has 2 aromatic carbocycles. The van der Waals surface area contributed by atoms with Crippen LogP contribution < -0.4 is 0 Å². The average Bonchev–Trinajstić information content (AvgIpc) is 3.47. The number of aromatic nitrogens is 2. The van der Waals surface area contributed by atoms with Crippen LogP contribution in [0.2, 0.25) is 0 Å². The molecule has 0 saturated heterocycles. The fourth-order valence-electron chi connectivity index (χ4n) is 3.46. The minimum absolute atomic E-state index is 0.460. The second kappa shape index (κ2) is 10.3. The molecule has 4 aromatic rings. The van der Waals surface area contributed by atoms with Crippen LogP contribution in [0, 0.1) is 6.92 Å². The van der Waals surface area contributed by atoms with Crippen LogP contribution in [0.3, 0.4) is 0 Å². The molecule has 34 heavy (non-hydrogen) atoms. The number of aryl methyl sites for hydroxylation is 1. The maximum Gasteiger partial charge on any atom is 0.319 e. The minimum Gasteiger partial charge on any atom is -0.480 e. The number of aliphatic carboxylic acids is 1. The first-order chi connectivity index (χ1) is 16.3. The third kappa shape index (κ3) is 6.15. The van der Waals surface area contributed by atoms with Crippen molar-refractivity contribution in [3.63, 3.8) is 0 Å². The van der Waals surface area contributed by atoms with E-state index in [-0.39, 0.29) is 0 Å². The van der Waals surface area contributed by atoms with E-state index in [1.54, 1.807) is 20.1 Å². The molecule has 0 amide bonds. The molecule has 1 N–H and O–H groups in total. The minimum atomic E-state index is -0.889. The zero-order valence-electron chi connectivity index (χ0n) is 19.4. The molecule has 0 radical (unpaired) electrons. The van der Waals surface area contributed by atoms with Gasteiger partial charge in [0.05, 0.1) is 19.4 Å². The lowest BCUT2D eigenvalue weighted by Gasteiger charge is -2.20. The molecule has 7 nitrogen and oxygen atoms in total. The highest BCUT2D eigenvalue weighted by Crippen LogP contribution is 2.33. The number of benzene rings is 2. The van der Waals surface area contributed by atoms with Crippen molar-refractivity contribution in [2.75, 3.05) is 0 Å². The van der Waals surface area contributed by atoms with E-state index in [1.807, 2.05) is 67.6 Å². The smallest absolute Gasteiger partial charge is 0.319 e. The number of furan rings is 1. The Morgan fingerprint density at radius 1 is 1.06 bits per heavy atom. The van der Waals surface area contributed by atoms with E-state index in [9.17, 15) is 9.90 Å². The Hall–Kier alpha value is -3.36. The van der Waals surface area contributed by atoms with Gasteiger partial charge in [-0.1, -0.05) is 41.1 Å². The first-order valence-corrected chi connectivity index (χ1v) is 11.8. The SMILES string of the molecule is Cc1cccc(-c2noc(CN(Cc3ccc(SC(C)(C)C(=O)O)cc3)Cc3ccco3)n2)c1. The van der Waals surface area contributed by atoms with E-state index in [2.05, 4.69) is 15.0 Å². The van der Waals surface area contributed by atoms with Gasteiger partial charge in [0.2, 0.25) is 11.7 Å². The molecule has 0 aliphatic heterocycles. The summed E-state index contributed by atoms with van der Waals surface area (Å²) in [6.07, 6.45) is 1.66. The number of carboxylic acid groups (broad SMARTS) is 1. The highest BCUT2D eigenvalue weighted by Gasteiger charge is 2.28. The van der Waals surface area contributed by atoms with Crippen molar-refractivity contribution in [2.24, 2.45) is 0 Å². The van der Waals surface area contributed by atoms with Gasteiger partial charge in [-0.15, -0.1) is 11.8 Å². The monoisotopic (exact) mass is 477 g/mol. The molecule has 0 fully saturated rings. The summed E-state index contributed by atoms with van der Waals surface area (Å²) in [6.45, 7) is 7.11. The Bertz CT molecular complexity index is 1230. The number of hydrogen-bond acceptors (Lipinski definition) is 7. The van der Waals surface area contributed by atoms with Crippen molar-refractivity contribution >= 4 is 17.7 Å². The zero-order valence-corrected chi connectivity index (χ0v) is 20.2. The van der Waals surface area contributed by atoms with E-state index in [0.29, 0.717) is 31.3 Å². The summed E-state index contributed by atoms with van der Waals surface area (Å²) in [4.78, 5) is 19.1. The molecule has 0 unspecified atom stereocenters. The Morgan fingerprint density at radius 2 is 1.85 bits per heavy atom. The predicted molar refractivity (Wildman–Crippen MR) is 130 cm³/mol. The maximum atomic E-state index is 11.4. The predicted octanol–water partition coefficient (Wildman–Crippen LogP) is 5.80. The zero-order chi connectivity index (χ0) is 24.1. The molecule has 0 aliphatic carbocycles. The van der Waals surface area contributed by atoms with Gasteiger partial charge in [-0.3, -0.25) is 9.69 Å². The van der Waals surface area contributed by atoms with E-state index in [0.717, 1.165) is 27.3 Å². The van der Waals surface area contributed by atoms with Crippen LogP contribution in [0.4, 0.5) is 0 Å². The van der Waals surface area contributed by atoms with E-state index >= 15 is 0 Å². The molecule has 0 saturated carbocycles. The van der Waals surface area contributed by atoms with Gasteiger partial charge >= 0.3 is 5.97 Å². The molecule has 8 heteroatoms. The normalized spacial score (nSPS) is 11.8. The van der Waals surface area contributed by atoms with Crippen LogP contribution >= 0.6 is 11.8 Å². The van der Waals surface area contributed by atoms with Gasteiger partial charge in [-0.2, -0.15) is 4.98 Å². The fourth-order valence-corrected chi connectivity index (χ4v) is 4.41. The van der Waals surface area contributed by atoms with Gasteiger partial charge < -0.3 is 14.0 Å². The van der Waals surface area contributed by atoms with Gasteiger partial charge in [0.1, 0.15) is 10.5 Å². The lowest BCUT2D eigenvalue weighted by molar-refractivity contribution is -0.138. The molecule has 4 rings (SSSR count). The van der Waals surface area contributed by atoms with Crippen LogP contribution in [0.1, 0.15) is 36.6 Å². The molecule has 2 aromatic heterocycles. The standard InChI is InChI=1S/C26H27N3O4S/c1-18-6-4-7-20(14-18)24-27-23(33-28-24)17-29(16-21-8-5-13-32-21)15-19-9-11-22(12-10-19)34-26(2,3)25(30)31/h4-14H,15-17H2,1-3H3,(H,30,31). The molecule has 176 valence electrons. The van der Waals surface area contributed by atoms with Gasteiger partial charge in [-0.05, 0) is 56.7 Å². The summed E-state index contributed by atoms with van der Waals surface area (Å²) in [5.74, 6) is 1.10. The number of hydrogen-bond donors (Lipinski definition) is 1. The summed E-state index contributed by atoms with van der Waals surface area (Å²) >= 11 is 1.33. The Labute approximate surface area is 202 Å². The van der Waals surface area contributed by atoms with Crippen LogP contribution in [0.5, 0.6) is 0 Å². The molecule has 2 heterocycles. The van der Waals surface area contributed by atoms with Crippen LogP contribution in [-0.2, 0) is 24.4 Å². The Kier molecular flexibility index (Phi) is 7.19. The lowest BCUT2D eigenvalue weighted by Crippen LogP contribution is -2.26. The summed E-state index contributed by atoms with van der Waals surface area (Å²) in [5.41, 5.74) is 3.14. The van der Waals surface area contributed by atoms with Crippen molar-refractivity contribution in [1.29, 1.82) is 0 Å². The Morgan fingerprint density at radius 3 is 2.53 bits per heavy atom. The topological polar surface area (TPSA) is 92.6 Å². The first-order valence-electron chi connectivity index (χ1n) is 10.9. The largest absolute Gasteiger partial charge is 0.480 e. The lowest BCUT2D eigenvalue weighted by atomic mass is 10.1. The highest BCUT2D eigenvalue weighted by atomic mass is 32.2. The van der Waals surface area contributed by atoms with E-state index < -0.39 is 10.7 Å². The van der Waals surface area contributed by atoms with Crippen molar-refractivity contribution in [2.45, 2.75) is 50.0 Å². The summed E-state index contributed by atoms with van der Waals surface area (Å²) in [7, 11) is 0. The third-order valence-corrected chi connectivity index (χ3v) is 6.47. The fraction of sp³-hybridized carbons (Fsp3) is 0.269. The van der Waals surface area contributed by atoms with Gasteiger partial charge in [0, 0.05) is 17.0 Å². The van der Waals surface area contributed by atoms with Crippen molar-refractivity contribution in [3.05, 3.63) is 89.7 Å². The highest BCUT2D eigenvalue weighted by molar-refractivity contribution is 8.01. The Balaban J connectivity index is 1.48. The number of carbonyl (C=O) groups is 1. The number of thioether (sulfide) groups is 1.